The Labute approximate surface area is 180 Å². The Bertz CT molecular complexity index is 1210. The van der Waals surface area contributed by atoms with Gasteiger partial charge in [-0.15, -0.1) is 0 Å². The van der Waals surface area contributed by atoms with Crippen molar-refractivity contribution in [1.82, 2.24) is 4.41 Å². The average molecular weight is 440 g/mol. The van der Waals surface area contributed by atoms with E-state index in [1.165, 1.54) is 31.4 Å². The van der Waals surface area contributed by atoms with E-state index in [0.29, 0.717) is 29.2 Å². The van der Waals surface area contributed by atoms with Crippen LogP contribution in [0, 0.1) is 5.82 Å². The molecule has 0 saturated carbocycles. The highest BCUT2D eigenvalue weighted by atomic mass is 32.2. The summed E-state index contributed by atoms with van der Waals surface area (Å²) in [5.74, 6) is 0.694. The zero-order valence-corrected chi connectivity index (χ0v) is 17.8. The van der Waals surface area contributed by atoms with Crippen molar-refractivity contribution < 1.29 is 22.3 Å². The maximum Gasteiger partial charge on any atom is 0.279 e. The van der Waals surface area contributed by atoms with Crippen molar-refractivity contribution in [2.75, 3.05) is 14.2 Å². The van der Waals surface area contributed by atoms with Crippen LogP contribution in [-0.2, 0) is 10.0 Å². The minimum absolute atomic E-state index is 0.138. The van der Waals surface area contributed by atoms with Gasteiger partial charge in [0.2, 0.25) is 0 Å². The van der Waals surface area contributed by atoms with Crippen molar-refractivity contribution in [3.63, 3.8) is 0 Å². The zero-order valence-electron chi connectivity index (χ0n) is 17.0. The van der Waals surface area contributed by atoms with E-state index in [0.717, 1.165) is 9.98 Å². The predicted octanol–water partition coefficient (Wildman–Crippen LogP) is 4.38. The predicted molar refractivity (Wildman–Crippen MR) is 115 cm³/mol. The van der Waals surface area contributed by atoms with Gasteiger partial charge in [0, 0.05) is 12.0 Å². The SMILES string of the molecule is COc1ccc(C2=NN(S(=O)(=O)c3ccccc3)[C@@H](c3ccc(F)cc3)C2)cc1OC. The van der Waals surface area contributed by atoms with Crippen LogP contribution in [0.3, 0.4) is 0 Å². The number of methoxy groups -OCH3 is 2. The molecule has 0 unspecified atom stereocenters. The molecule has 0 aromatic heterocycles. The molecule has 1 aliphatic rings. The van der Waals surface area contributed by atoms with Gasteiger partial charge in [-0.05, 0) is 48.0 Å². The van der Waals surface area contributed by atoms with Crippen LogP contribution in [-0.4, -0.2) is 32.8 Å². The third-order valence-corrected chi connectivity index (χ3v) is 6.83. The third-order valence-electron chi connectivity index (χ3n) is 5.13. The monoisotopic (exact) mass is 440 g/mol. The summed E-state index contributed by atoms with van der Waals surface area (Å²) >= 11 is 0. The first-order valence-corrected chi connectivity index (χ1v) is 11.0. The summed E-state index contributed by atoms with van der Waals surface area (Å²) in [5, 5.41) is 4.49. The molecule has 3 aromatic carbocycles. The first kappa shape index (κ1) is 20.9. The second-order valence-electron chi connectivity index (χ2n) is 6.98. The fourth-order valence-electron chi connectivity index (χ4n) is 3.53. The number of hydrogen-bond donors (Lipinski definition) is 0. The molecule has 31 heavy (non-hydrogen) atoms. The van der Waals surface area contributed by atoms with Crippen molar-refractivity contribution in [3.8, 4) is 11.5 Å². The number of hydrazone groups is 1. The van der Waals surface area contributed by atoms with Gasteiger partial charge in [0.05, 0.1) is 30.9 Å². The summed E-state index contributed by atoms with van der Waals surface area (Å²) in [6, 6.07) is 18.6. The Morgan fingerprint density at radius 2 is 1.61 bits per heavy atom. The normalized spacial score (nSPS) is 16.2. The van der Waals surface area contributed by atoms with Crippen LogP contribution in [0.1, 0.15) is 23.6 Å². The van der Waals surface area contributed by atoms with Crippen LogP contribution in [0.25, 0.3) is 0 Å². The van der Waals surface area contributed by atoms with Crippen molar-refractivity contribution in [3.05, 3.63) is 89.7 Å². The van der Waals surface area contributed by atoms with Crippen molar-refractivity contribution in [2.45, 2.75) is 17.4 Å². The Hall–Kier alpha value is -3.39. The van der Waals surface area contributed by atoms with Crippen LogP contribution >= 0.6 is 0 Å². The van der Waals surface area contributed by atoms with E-state index < -0.39 is 16.1 Å². The van der Waals surface area contributed by atoms with Gasteiger partial charge in [0.15, 0.2) is 11.5 Å². The highest BCUT2D eigenvalue weighted by molar-refractivity contribution is 7.89. The largest absolute Gasteiger partial charge is 0.493 e. The van der Waals surface area contributed by atoms with Gasteiger partial charge < -0.3 is 9.47 Å². The minimum atomic E-state index is -3.92. The molecule has 0 amide bonds. The molecule has 3 aromatic rings. The van der Waals surface area contributed by atoms with Crippen LogP contribution in [0.5, 0.6) is 11.5 Å². The van der Waals surface area contributed by atoms with Crippen LogP contribution < -0.4 is 9.47 Å². The fraction of sp³-hybridized carbons (Fsp3) is 0.174. The molecular formula is C23H21FN2O4S. The summed E-state index contributed by atoms with van der Waals surface area (Å²) in [6.45, 7) is 0. The molecule has 0 spiro atoms. The van der Waals surface area contributed by atoms with Gasteiger partial charge in [-0.3, -0.25) is 0 Å². The van der Waals surface area contributed by atoms with Crippen molar-refractivity contribution in [2.24, 2.45) is 5.10 Å². The molecule has 160 valence electrons. The lowest BCUT2D eigenvalue weighted by atomic mass is 9.99. The van der Waals surface area contributed by atoms with E-state index >= 15 is 0 Å². The first-order chi connectivity index (χ1) is 14.9. The molecule has 0 aliphatic carbocycles. The number of nitrogens with zero attached hydrogens (tertiary/aromatic N) is 2. The maximum atomic E-state index is 13.5. The van der Waals surface area contributed by atoms with Gasteiger partial charge in [-0.1, -0.05) is 30.3 Å². The minimum Gasteiger partial charge on any atom is -0.493 e. The second kappa shape index (κ2) is 8.39. The standard InChI is InChI=1S/C23H21FN2O4S/c1-29-22-13-10-17(14-23(22)30-2)20-15-21(16-8-11-18(24)12-9-16)26(25-20)31(27,28)19-6-4-3-5-7-19/h3-14,21H,15H2,1-2H3/t21-/m1/s1. The number of benzene rings is 3. The summed E-state index contributed by atoms with van der Waals surface area (Å²) in [6.07, 6.45) is 0.327. The fourth-order valence-corrected chi connectivity index (χ4v) is 4.99. The van der Waals surface area contributed by atoms with E-state index in [1.54, 1.807) is 55.6 Å². The van der Waals surface area contributed by atoms with E-state index in [4.69, 9.17) is 9.47 Å². The van der Waals surface area contributed by atoms with Crippen molar-refractivity contribution in [1.29, 1.82) is 0 Å². The van der Waals surface area contributed by atoms with E-state index in [9.17, 15) is 12.8 Å². The summed E-state index contributed by atoms with van der Waals surface area (Å²) in [7, 11) is -0.841. The average Bonchev–Trinajstić information content (AvgIpc) is 3.26. The number of rotatable bonds is 6. The smallest absolute Gasteiger partial charge is 0.279 e. The molecular weight excluding hydrogens is 419 g/mol. The zero-order chi connectivity index (χ0) is 22.0. The number of halogens is 1. The molecule has 6 nitrogen and oxygen atoms in total. The summed E-state index contributed by atoms with van der Waals surface area (Å²) in [4.78, 5) is 0.138. The molecule has 1 atom stereocenters. The lowest BCUT2D eigenvalue weighted by Gasteiger charge is -2.23. The van der Waals surface area contributed by atoms with E-state index in [-0.39, 0.29) is 10.7 Å². The Morgan fingerprint density at radius 1 is 0.935 bits per heavy atom. The molecule has 4 rings (SSSR count). The highest BCUT2D eigenvalue weighted by Crippen LogP contribution is 2.38. The van der Waals surface area contributed by atoms with Crippen LogP contribution in [0.2, 0.25) is 0 Å². The molecule has 1 heterocycles. The topological polar surface area (TPSA) is 68.2 Å². The summed E-state index contributed by atoms with van der Waals surface area (Å²) in [5.41, 5.74) is 1.95. The molecule has 1 aliphatic heterocycles. The molecule has 0 N–H and O–H groups in total. The molecule has 0 bridgehead atoms. The van der Waals surface area contributed by atoms with Crippen molar-refractivity contribution >= 4 is 15.7 Å². The lowest BCUT2D eigenvalue weighted by molar-refractivity contribution is 0.355. The van der Waals surface area contributed by atoms with Gasteiger partial charge in [0.25, 0.3) is 10.0 Å². The summed E-state index contributed by atoms with van der Waals surface area (Å²) < 4.78 is 52.0. The number of sulfonamides is 1. The van der Waals surface area contributed by atoms with Crippen LogP contribution in [0.15, 0.2) is 82.8 Å². The number of ether oxygens (including phenoxy) is 2. The molecule has 0 saturated heterocycles. The van der Waals surface area contributed by atoms with Gasteiger partial charge in [-0.25, -0.2) is 4.39 Å². The van der Waals surface area contributed by atoms with Crippen LogP contribution in [0.4, 0.5) is 4.39 Å². The Morgan fingerprint density at radius 3 is 2.26 bits per heavy atom. The number of hydrogen-bond acceptors (Lipinski definition) is 5. The van der Waals surface area contributed by atoms with E-state index in [1.807, 2.05) is 0 Å². The Balaban J connectivity index is 1.80. The van der Waals surface area contributed by atoms with Gasteiger partial charge in [0.1, 0.15) is 5.82 Å². The highest BCUT2D eigenvalue weighted by Gasteiger charge is 2.37. The lowest BCUT2D eigenvalue weighted by Crippen LogP contribution is -2.27. The van der Waals surface area contributed by atoms with Gasteiger partial charge >= 0.3 is 0 Å². The maximum absolute atomic E-state index is 13.5. The van der Waals surface area contributed by atoms with E-state index in [2.05, 4.69) is 5.10 Å². The second-order valence-corrected chi connectivity index (χ2v) is 8.77. The Kier molecular flexibility index (Phi) is 5.65. The molecule has 0 fully saturated rings. The quantitative estimate of drug-likeness (QED) is 0.570. The molecule has 0 radical (unpaired) electrons. The first-order valence-electron chi connectivity index (χ1n) is 9.59. The van der Waals surface area contributed by atoms with Gasteiger partial charge in [-0.2, -0.15) is 17.9 Å². The third kappa shape index (κ3) is 3.98. The molecule has 8 heteroatoms.